The molecule has 0 saturated heterocycles. The molecule has 21 heavy (non-hydrogen) atoms. The van der Waals surface area contributed by atoms with Crippen molar-refractivity contribution in [1.29, 1.82) is 0 Å². The summed E-state index contributed by atoms with van der Waals surface area (Å²) in [6, 6.07) is 9.18. The number of tetrazole rings is 1. The lowest BCUT2D eigenvalue weighted by molar-refractivity contribution is 0.0668. The average Bonchev–Trinajstić information content (AvgIpc) is 2.90. The van der Waals surface area contributed by atoms with E-state index in [0.29, 0.717) is 12.2 Å². The van der Waals surface area contributed by atoms with Gasteiger partial charge in [0.25, 0.3) is 0 Å². The molecule has 0 bridgehead atoms. The van der Waals surface area contributed by atoms with Gasteiger partial charge in [0.1, 0.15) is 6.04 Å². The van der Waals surface area contributed by atoms with E-state index >= 15 is 0 Å². The lowest BCUT2D eigenvalue weighted by Gasteiger charge is -2.38. The summed E-state index contributed by atoms with van der Waals surface area (Å²) in [5.74, 6) is 0.371. The van der Waals surface area contributed by atoms with Crippen molar-refractivity contribution in [2.75, 3.05) is 0 Å². The number of hydrogen-bond donors (Lipinski definition) is 2. The van der Waals surface area contributed by atoms with Crippen LogP contribution in [0.3, 0.4) is 0 Å². The zero-order chi connectivity index (χ0) is 15.5. The topological polar surface area (TPSA) is 95.0 Å². The third-order valence-electron chi connectivity index (χ3n) is 3.17. The van der Waals surface area contributed by atoms with E-state index in [1.165, 1.54) is 4.90 Å². The van der Waals surface area contributed by atoms with Crippen molar-refractivity contribution in [1.82, 2.24) is 25.5 Å². The predicted molar refractivity (Wildman–Crippen MR) is 76.7 cm³/mol. The molecule has 0 aliphatic rings. The Morgan fingerprint density at radius 2 is 2.00 bits per heavy atom. The molecule has 1 aromatic heterocycles. The molecule has 0 radical (unpaired) electrons. The van der Waals surface area contributed by atoms with Crippen LogP contribution in [0.15, 0.2) is 30.3 Å². The molecule has 2 rings (SSSR count). The predicted octanol–water partition coefficient (Wildman–Crippen LogP) is 2.26. The van der Waals surface area contributed by atoms with Crippen LogP contribution < -0.4 is 0 Å². The first kappa shape index (κ1) is 15.0. The summed E-state index contributed by atoms with van der Waals surface area (Å²) in [6.45, 7) is 5.54. The van der Waals surface area contributed by atoms with E-state index in [2.05, 4.69) is 20.6 Å². The highest BCUT2D eigenvalue weighted by Gasteiger charge is 2.36. The molecule has 112 valence electrons. The summed E-state index contributed by atoms with van der Waals surface area (Å²) in [5, 5.41) is 23.5. The molecule has 0 aliphatic carbocycles. The van der Waals surface area contributed by atoms with Gasteiger partial charge in [-0.15, -0.1) is 10.2 Å². The van der Waals surface area contributed by atoms with Crippen molar-refractivity contribution >= 4 is 6.09 Å². The van der Waals surface area contributed by atoms with Crippen molar-refractivity contribution in [3.63, 3.8) is 0 Å². The maximum atomic E-state index is 11.7. The van der Waals surface area contributed by atoms with Gasteiger partial charge in [0, 0.05) is 12.0 Å². The smallest absolute Gasteiger partial charge is 0.408 e. The van der Waals surface area contributed by atoms with Crippen LogP contribution in [-0.2, 0) is 6.42 Å². The van der Waals surface area contributed by atoms with Crippen LogP contribution in [-0.4, -0.2) is 42.3 Å². The largest absolute Gasteiger partial charge is 0.465 e. The van der Waals surface area contributed by atoms with Gasteiger partial charge < -0.3 is 5.11 Å². The molecular weight excluding hydrogens is 270 g/mol. The van der Waals surface area contributed by atoms with E-state index in [0.717, 1.165) is 5.56 Å². The van der Waals surface area contributed by atoms with Crippen LogP contribution in [0.2, 0.25) is 0 Å². The van der Waals surface area contributed by atoms with Gasteiger partial charge in [-0.3, -0.25) is 4.90 Å². The summed E-state index contributed by atoms with van der Waals surface area (Å²) < 4.78 is 0. The Morgan fingerprint density at radius 1 is 1.33 bits per heavy atom. The normalized spacial score (nSPS) is 12.9. The van der Waals surface area contributed by atoms with E-state index < -0.39 is 17.7 Å². The number of benzene rings is 1. The fourth-order valence-corrected chi connectivity index (χ4v) is 2.33. The maximum Gasteiger partial charge on any atom is 0.408 e. The third kappa shape index (κ3) is 3.56. The van der Waals surface area contributed by atoms with Crippen LogP contribution >= 0.6 is 0 Å². The SMILES string of the molecule is CC(C)(C)N(C(=O)O)C(Cc1ccccc1)c1nn[nH]n1. The average molecular weight is 289 g/mol. The lowest BCUT2D eigenvalue weighted by atomic mass is 9.98. The summed E-state index contributed by atoms with van der Waals surface area (Å²) in [4.78, 5) is 13.1. The summed E-state index contributed by atoms with van der Waals surface area (Å²) in [7, 11) is 0. The van der Waals surface area contributed by atoms with Gasteiger partial charge in [-0.05, 0) is 26.3 Å². The highest BCUT2D eigenvalue weighted by atomic mass is 16.4. The Labute approximate surface area is 123 Å². The molecule has 7 nitrogen and oxygen atoms in total. The van der Waals surface area contributed by atoms with Gasteiger partial charge >= 0.3 is 6.09 Å². The second kappa shape index (κ2) is 5.90. The van der Waals surface area contributed by atoms with Gasteiger partial charge in [0.2, 0.25) is 0 Å². The Kier molecular flexibility index (Phi) is 4.21. The Morgan fingerprint density at radius 3 is 2.48 bits per heavy atom. The first-order chi connectivity index (χ1) is 9.89. The molecule has 1 amide bonds. The molecule has 1 unspecified atom stereocenters. The molecule has 0 spiro atoms. The number of H-pyrrole nitrogens is 1. The molecule has 0 saturated carbocycles. The van der Waals surface area contributed by atoms with Crippen LogP contribution in [0.5, 0.6) is 0 Å². The number of aromatic amines is 1. The quantitative estimate of drug-likeness (QED) is 0.900. The van der Waals surface area contributed by atoms with Gasteiger partial charge in [0.15, 0.2) is 5.82 Å². The monoisotopic (exact) mass is 289 g/mol. The Hall–Kier alpha value is -2.44. The van der Waals surface area contributed by atoms with E-state index in [1.54, 1.807) is 0 Å². The summed E-state index contributed by atoms with van der Waals surface area (Å²) >= 11 is 0. The number of nitrogens with one attached hydrogen (secondary N) is 1. The zero-order valence-electron chi connectivity index (χ0n) is 12.3. The minimum Gasteiger partial charge on any atom is -0.465 e. The Balaban J connectivity index is 2.38. The van der Waals surface area contributed by atoms with Crippen LogP contribution in [0.4, 0.5) is 4.79 Å². The van der Waals surface area contributed by atoms with Crippen molar-refractivity contribution in [3.8, 4) is 0 Å². The molecule has 0 aliphatic heterocycles. The first-order valence-corrected chi connectivity index (χ1v) is 6.69. The molecule has 1 atom stereocenters. The zero-order valence-corrected chi connectivity index (χ0v) is 12.3. The number of hydrogen-bond acceptors (Lipinski definition) is 4. The van der Waals surface area contributed by atoms with Crippen LogP contribution in [0.25, 0.3) is 0 Å². The van der Waals surface area contributed by atoms with Crippen LogP contribution in [0, 0.1) is 0 Å². The Bertz CT molecular complexity index is 577. The summed E-state index contributed by atoms with van der Waals surface area (Å²) in [5.41, 5.74) is 0.439. The van der Waals surface area contributed by atoms with Crippen molar-refractivity contribution in [2.45, 2.75) is 38.8 Å². The summed E-state index contributed by atoms with van der Waals surface area (Å²) in [6.07, 6.45) is -0.516. The highest BCUT2D eigenvalue weighted by Crippen LogP contribution is 2.29. The number of aromatic nitrogens is 4. The number of nitrogens with zero attached hydrogens (tertiary/aromatic N) is 4. The fourth-order valence-electron chi connectivity index (χ4n) is 2.33. The number of rotatable bonds is 4. The van der Waals surface area contributed by atoms with Gasteiger partial charge in [-0.25, -0.2) is 4.79 Å². The van der Waals surface area contributed by atoms with Gasteiger partial charge in [-0.1, -0.05) is 35.5 Å². The molecular formula is C14H19N5O2. The van der Waals surface area contributed by atoms with Gasteiger partial charge in [0.05, 0.1) is 0 Å². The molecule has 2 N–H and O–H groups in total. The van der Waals surface area contributed by atoms with Crippen molar-refractivity contribution < 1.29 is 9.90 Å². The molecule has 0 fully saturated rings. The minimum absolute atomic E-state index is 0.371. The van der Waals surface area contributed by atoms with E-state index in [1.807, 2.05) is 51.1 Å². The lowest BCUT2D eigenvalue weighted by Crippen LogP contribution is -2.48. The molecule has 1 aromatic carbocycles. The number of amides is 1. The van der Waals surface area contributed by atoms with Crippen molar-refractivity contribution in [2.24, 2.45) is 0 Å². The molecule has 2 aromatic rings. The number of carbonyl (C=O) groups is 1. The second-order valence-corrected chi connectivity index (χ2v) is 5.80. The van der Waals surface area contributed by atoms with Crippen LogP contribution in [0.1, 0.15) is 38.2 Å². The standard InChI is InChI=1S/C14H19N5O2/c1-14(2,3)19(13(20)21)11(12-15-17-18-16-12)9-10-7-5-4-6-8-10/h4-8,11H,9H2,1-3H3,(H,20,21)(H,15,16,17,18). The first-order valence-electron chi connectivity index (χ1n) is 6.69. The van der Waals surface area contributed by atoms with Crippen molar-refractivity contribution in [3.05, 3.63) is 41.7 Å². The molecule has 1 heterocycles. The minimum atomic E-state index is -1.01. The third-order valence-corrected chi connectivity index (χ3v) is 3.17. The molecule has 7 heteroatoms. The maximum absolute atomic E-state index is 11.7. The number of carboxylic acid groups (broad SMARTS) is 1. The fraction of sp³-hybridized carbons (Fsp3) is 0.429. The van der Waals surface area contributed by atoms with E-state index in [9.17, 15) is 9.90 Å². The van der Waals surface area contributed by atoms with E-state index in [-0.39, 0.29) is 0 Å². The second-order valence-electron chi connectivity index (χ2n) is 5.80. The highest BCUT2D eigenvalue weighted by molar-refractivity contribution is 5.66. The van der Waals surface area contributed by atoms with Gasteiger partial charge in [-0.2, -0.15) is 5.21 Å². The van der Waals surface area contributed by atoms with E-state index in [4.69, 9.17) is 0 Å².